The number of methoxy groups -OCH3 is 2. The third-order valence-electron chi connectivity index (χ3n) is 4.62. The molecule has 0 saturated heterocycles. The Balaban J connectivity index is 2.19. The van der Waals surface area contributed by atoms with Crippen LogP contribution in [0, 0.1) is 5.82 Å². The number of hydrogen-bond acceptors (Lipinski definition) is 4. The average Bonchev–Trinajstić information content (AvgIpc) is 2.87. The molecular formula is C21H20FNO4. The fourth-order valence-electron chi connectivity index (χ4n) is 3.32. The van der Waals surface area contributed by atoms with Gasteiger partial charge in [-0.2, -0.15) is 0 Å². The van der Waals surface area contributed by atoms with Crippen molar-refractivity contribution in [2.75, 3.05) is 14.2 Å². The molecule has 1 aliphatic carbocycles. The van der Waals surface area contributed by atoms with Crippen LogP contribution in [0.1, 0.15) is 30.0 Å². The molecular weight excluding hydrogens is 349 g/mol. The Labute approximate surface area is 156 Å². The van der Waals surface area contributed by atoms with E-state index < -0.39 is 5.91 Å². The minimum atomic E-state index is -0.478. The maximum Gasteiger partial charge on any atom is 0.221 e. The fraction of sp³-hybridized carbons (Fsp3) is 0.190. The number of rotatable bonds is 5. The first-order valence-corrected chi connectivity index (χ1v) is 8.31. The molecule has 1 amide bonds. The first-order valence-electron chi connectivity index (χ1n) is 8.31. The standard InChI is InChI=1S/C21H20FNO4/c1-11-15(6-12-7-18(26-2)21(25)19(8-12)27-3)14-5-4-13(22)9-17(14)16(11)10-20(23)24/h4-9,25H,10H2,1-3H3,(H2,23,24)/b15-6-. The zero-order chi connectivity index (χ0) is 19.7. The van der Waals surface area contributed by atoms with E-state index in [1.54, 1.807) is 18.2 Å². The van der Waals surface area contributed by atoms with E-state index in [0.29, 0.717) is 11.1 Å². The second-order valence-corrected chi connectivity index (χ2v) is 6.27. The largest absolute Gasteiger partial charge is 0.502 e. The summed E-state index contributed by atoms with van der Waals surface area (Å²) in [4.78, 5) is 11.5. The van der Waals surface area contributed by atoms with Crippen LogP contribution in [0.15, 0.2) is 35.9 Å². The van der Waals surface area contributed by atoms with Crippen LogP contribution in [-0.2, 0) is 4.79 Å². The molecule has 0 aliphatic heterocycles. The van der Waals surface area contributed by atoms with E-state index in [1.807, 2.05) is 13.0 Å². The van der Waals surface area contributed by atoms with Crippen molar-refractivity contribution in [1.29, 1.82) is 0 Å². The van der Waals surface area contributed by atoms with Gasteiger partial charge in [0.2, 0.25) is 11.7 Å². The van der Waals surface area contributed by atoms with Crippen molar-refractivity contribution in [2.24, 2.45) is 5.73 Å². The number of aromatic hydroxyl groups is 1. The molecule has 0 spiro atoms. The summed E-state index contributed by atoms with van der Waals surface area (Å²) in [6.07, 6.45) is 1.91. The van der Waals surface area contributed by atoms with Crippen LogP contribution in [0.4, 0.5) is 4.39 Å². The summed E-state index contributed by atoms with van der Waals surface area (Å²) in [5.41, 5.74) is 9.98. The van der Waals surface area contributed by atoms with Crippen molar-refractivity contribution in [2.45, 2.75) is 13.3 Å². The summed E-state index contributed by atoms with van der Waals surface area (Å²) in [6.45, 7) is 1.87. The number of benzene rings is 2. The van der Waals surface area contributed by atoms with Gasteiger partial charge < -0.3 is 20.3 Å². The van der Waals surface area contributed by atoms with E-state index in [-0.39, 0.29) is 29.5 Å². The average molecular weight is 369 g/mol. The first kappa shape index (κ1) is 18.5. The third-order valence-corrected chi connectivity index (χ3v) is 4.62. The molecule has 0 saturated carbocycles. The van der Waals surface area contributed by atoms with Gasteiger partial charge in [-0.25, -0.2) is 4.39 Å². The normalized spacial score (nSPS) is 14.4. The first-order chi connectivity index (χ1) is 12.8. The summed E-state index contributed by atoms with van der Waals surface area (Å²) in [7, 11) is 2.91. The summed E-state index contributed by atoms with van der Waals surface area (Å²) < 4.78 is 24.2. The number of phenols is 1. The monoisotopic (exact) mass is 369 g/mol. The van der Waals surface area contributed by atoms with Crippen molar-refractivity contribution < 1.29 is 23.8 Å². The number of allylic oxidation sites excluding steroid dienone is 2. The van der Waals surface area contributed by atoms with Gasteiger partial charge in [-0.05, 0) is 70.7 Å². The van der Waals surface area contributed by atoms with Crippen LogP contribution in [0.25, 0.3) is 17.2 Å². The molecule has 140 valence electrons. The van der Waals surface area contributed by atoms with Crippen LogP contribution in [0.3, 0.4) is 0 Å². The number of nitrogens with two attached hydrogens (primary N) is 1. The summed E-state index contributed by atoms with van der Waals surface area (Å²) in [5.74, 6) is -0.390. The molecule has 0 bridgehead atoms. The van der Waals surface area contributed by atoms with Crippen LogP contribution < -0.4 is 15.2 Å². The van der Waals surface area contributed by atoms with Gasteiger partial charge in [0.05, 0.1) is 20.6 Å². The SMILES string of the molecule is COc1cc(/C=C2/C(C)=C(CC(N)=O)c3cc(F)ccc32)cc(OC)c1O. The lowest BCUT2D eigenvalue weighted by molar-refractivity contribution is -0.117. The van der Waals surface area contributed by atoms with E-state index in [9.17, 15) is 14.3 Å². The van der Waals surface area contributed by atoms with Gasteiger partial charge in [0.1, 0.15) is 5.82 Å². The second kappa shape index (κ2) is 7.15. The second-order valence-electron chi connectivity index (χ2n) is 6.27. The lowest BCUT2D eigenvalue weighted by Gasteiger charge is -2.11. The number of ether oxygens (including phenoxy) is 2. The lowest BCUT2D eigenvalue weighted by Crippen LogP contribution is -2.10. The van der Waals surface area contributed by atoms with Gasteiger partial charge in [0.25, 0.3) is 0 Å². The van der Waals surface area contributed by atoms with Gasteiger partial charge in [-0.15, -0.1) is 0 Å². The Hall–Kier alpha value is -3.28. The molecule has 0 unspecified atom stereocenters. The van der Waals surface area contributed by atoms with Gasteiger partial charge in [0, 0.05) is 0 Å². The Kier molecular flexibility index (Phi) is 4.90. The third kappa shape index (κ3) is 3.38. The van der Waals surface area contributed by atoms with Crippen LogP contribution in [0.5, 0.6) is 17.2 Å². The van der Waals surface area contributed by atoms with E-state index in [1.165, 1.54) is 26.4 Å². The number of hydrogen-bond donors (Lipinski definition) is 2. The van der Waals surface area contributed by atoms with Crippen molar-refractivity contribution in [1.82, 2.24) is 0 Å². The summed E-state index contributed by atoms with van der Waals surface area (Å²) in [6, 6.07) is 7.82. The zero-order valence-electron chi connectivity index (χ0n) is 15.3. The minimum Gasteiger partial charge on any atom is -0.502 e. The van der Waals surface area contributed by atoms with Crippen LogP contribution in [-0.4, -0.2) is 25.2 Å². The molecule has 2 aromatic rings. The Bertz CT molecular complexity index is 967. The quantitative estimate of drug-likeness (QED) is 0.841. The predicted molar refractivity (Wildman–Crippen MR) is 102 cm³/mol. The van der Waals surface area contributed by atoms with Crippen molar-refractivity contribution >= 4 is 23.1 Å². The molecule has 1 aliphatic rings. The van der Waals surface area contributed by atoms with Gasteiger partial charge in [-0.1, -0.05) is 6.07 Å². The van der Waals surface area contributed by atoms with E-state index in [2.05, 4.69) is 0 Å². The van der Waals surface area contributed by atoms with E-state index in [0.717, 1.165) is 22.3 Å². The highest BCUT2D eigenvalue weighted by atomic mass is 19.1. The number of halogens is 1. The highest BCUT2D eigenvalue weighted by Crippen LogP contribution is 2.45. The summed E-state index contributed by atoms with van der Waals surface area (Å²) in [5, 5.41) is 10.1. The Morgan fingerprint density at radius 3 is 2.33 bits per heavy atom. The van der Waals surface area contributed by atoms with E-state index in [4.69, 9.17) is 15.2 Å². The van der Waals surface area contributed by atoms with Gasteiger partial charge >= 0.3 is 0 Å². The van der Waals surface area contributed by atoms with Crippen molar-refractivity contribution in [3.8, 4) is 17.2 Å². The highest BCUT2D eigenvalue weighted by molar-refractivity contribution is 6.08. The number of fused-ring (bicyclic) bond motifs is 1. The highest BCUT2D eigenvalue weighted by Gasteiger charge is 2.25. The molecule has 6 heteroatoms. The zero-order valence-corrected chi connectivity index (χ0v) is 15.3. The van der Waals surface area contributed by atoms with Gasteiger partial charge in [0.15, 0.2) is 11.5 Å². The Morgan fingerprint density at radius 1 is 1.15 bits per heavy atom. The van der Waals surface area contributed by atoms with Crippen LogP contribution in [0.2, 0.25) is 0 Å². The molecule has 0 fully saturated rings. The van der Waals surface area contributed by atoms with E-state index >= 15 is 0 Å². The number of carbonyl (C=O) groups is 1. The maximum absolute atomic E-state index is 13.8. The molecule has 0 heterocycles. The molecule has 0 aromatic heterocycles. The lowest BCUT2D eigenvalue weighted by atomic mass is 10.00. The topological polar surface area (TPSA) is 81.8 Å². The molecule has 0 atom stereocenters. The number of amides is 1. The molecule has 2 aromatic carbocycles. The number of primary amides is 1. The summed E-state index contributed by atoms with van der Waals surface area (Å²) >= 11 is 0. The fourth-order valence-corrected chi connectivity index (χ4v) is 3.32. The minimum absolute atomic E-state index is 0.0296. The molecule has 27 heavy (non-hydrogen) atoms. The molecule has 0 radical (unpaired) electrons. The molecule has 3 rings (SSSR count). The maximum atomic E-state index is 13.8. The van der Waals surface area contributed by atoms with Gasteiger partial charge in [-0.3, -0.25) is 4.79 Å². The van der Waals surface area contributed by atoms with Crippen molar-refractivity contribution in [3.63, 3.8) is 0 Å². The molecule has 5 nitrogen and oxygen atoms in total. The predicted octanol–water partition coefficient (Wildman–Crippen LogP) is 3.75. The van der Waals surface area contributed by atoms with Crippen molar-refractivity contribution in [3.05, 3.63) is 58.4 Å². The smallest absolute Gasteiger partial charge is 0.221 e. The molecule has 3 N–H and O–H groups in total. The van der Waals surface area contributed by atoms with Crippen LogP contribution >= 0.6 is 0 Å². The Morgan fingerprint density at radius 2 is 1.78 bits per heavy atom. The number of phenolic OH excluding ortho intramolecular Hbond substituents is 1. The number of carbonyl (C=O) groups excluding carboxylic acids is 1.